The number of halogens is 1. The molecular formula is C29H26ClN3O7S2. The number of thiazole rings is 1. The number of aromatic nitrogens is 1. The van der Waals surface area contributed by atoms with Crippen molar-refractivity contribution in [2.24, 2.45) is 5.92 Å². The van der Waals surface area contributed by atoms with Crippen LogP contribution in [0.2, 0.25) is 5.02 Å². The summed E-state index contributed by atoms with van der Waals surface area (Å²) in [6.07, 6.45) is 0. The van der Waals surface area contributed by atoms with Crippen molar-refractivity contribution in [1.82, 2.24) is 9.47 Å². The molecule has 1 aromatic heterocycles. The van der Waals surface area contributed by atoms with E-state index in [1.807, 2.05) is 0 Å². The Kier molecular flexibility index (Phi) is 7.97. The van der Waals surface area contributed by atoms with Gasteiger partial charge in [0.1, 0.15) is 11.8 Å². The van der Waals surface area contributed by atoms with Crippen LogP contribution in [0.1, 0.15) is 33.6 Å². The van der Waals surface area contributed by atoms with E-state index in [1.165, 1.54) is 16.7 Å². The van der Waals surface area contributed by atoms with Crippen LogP contribution in [0.5, 0.6) is 0 Å². The fourth-order valence-corrected chi connectivity index (χ4v) is 8.45. The standard InChI is InChI=1S/C29H26ClN3O7S2/c1-2-40-28(37)17-5-9-19(10-6-17)33-25(35)22-21(16-3-7-18(30)8-4-16)24-27(41-23(22)26(33)36)32(29(38)42-24)15-20(34)31-11-13-39-14-12-31/h3-10,21-23H,2,11-15H2,1H3/t21-,22?,23?/m1/s1. The molecule has 0 saturated carbocycles. The molecule has 3 atom stereocenters. The molecule has 0 N–H and O–H groups in total. The number of fused-ring (bicyclic) bond motifs is 2. The summed E-state index contributed by atoms with van der Waals surface area (Å²) in [6, 6.07) is 13.2. The molecule has 3 amide bonds. The van der Waals surface area contributed by atoms with Gasteiger partial charge in [-0.1, -0.05) is 46.8 Å². The van der Waals surface area contributed by atoms with Gasteiger partial charge in [-0.05, 0) is 48.9 Å². The van der Waals surface area contributed by atoms with Gasteiger partial charge in [0.05, 0.1) is 42.0 Å². The van der Waals surface area contributed by atoms with E-state index in [-0.39, 0.29) is 23.9 Å². The molecule has 3 aliphatic rings. The lowest BCUT2D eigenvalue weighted by Crippen LogP contribution is -2.43. The van der Waals surface area contributed by atoms with E-state index < -0.39 is 34.9 Å². The fourth-order valence-electron chi connectivity index (χ4n) is 5.55. The van der Waals surface area contributed by atoms with Crippen LogP contribution in [0.15, 0.2) is 58.4 Å². The van der Waals surface area contributed by atoms with Crippen molar-refractivity contribution in [3.05, 3.63) is 79.2 Å². The lowest BCUT2D eigenvalue weighted by atomic mass is 9.83. The van der Waals surface area contributed by atoms with Gasteiger partial charge < -0.3 is 14.4 Å². The number of imide groups is 1. The maximum absolute atomic E-state index is 14.0. The van der Waals surface area contributed by atoms with E-state index in [2.05, 4.69) is 0 Å². The molecule has 0 bridgehead atoms. The number of rotatable bonds is 6. The molecule has 218 valence electrons. The Morgan fingerprint density at radius 3 is 2.36 bits per heavy atom. The van der Waals surface area contributed by atoms with E-state index in [4.69, 9.17) is 21.1 Å². The Hall–Kier alpha value is -3.45. The summed E-state index contributed by atoms with van der Waals surface area (Å²) >= 11 is 8.32. The molecular weight excluding hydrogens is 602 g/mol. The highest BCUT2D eigenvalue weighted by molar-refractivity contribution is 8.00. The minimum absolute atomic E-state index is 0.163. The van der Waals surface area contributed by atoms with E-state index in [9.17, 15) is 24.0 Å². The van der Waals surface area contributed by atoms with Crippen LogP contribution in [0.25, 0.3) is 0 Å². The lowest BCUT2D eigenvalue weighted by Gasteiger charge is -2.31. The summed E-state index contributed by atoms with van der Waals surface area (Å²) in [6.45, 7) is 3.54. The van der Waals surface area contributed by atoms with E-state index >= 15 is 0 Å². The molecule has 3 aliphatic heterocycles. The van der Waals surface area contributed by atoms with Crippen LogP contribution in [0.4, 0.5) is 5.69 Å². The smallest absolute Gasteiger partial charge is 0.338 e. The van der Waals surface area contributed by atoms with Gasteiger partial charge >= 0.3 is 10.8 Å². The Morgan fingerprint density at radius 2 is 1.69 bits per heavy atom. The molecule has 2 saturated heterocycles. The minimum Gasteiger partial charge on any atom is -0.462 e. The number of ether oxygens (including phenoxy) is 2. The summed E-state index contributed by atoms with van der Waals surface area (Å²) in [5.41, 5.74) is 1.39. The molecule has 3 aromatic rings. The van der Waals surface area contributed by atoms with Gasteiger partial charge in [-0.15, -0.1) is 0 Å². The first-order valence-electron chi connectivity index (χ1n) is 13.4. The predicted molar refractivity (Wildman–Crippen MR) is 157 cm³/mol. The highest BCUT2D eigenvalue weighted by atomic mass is 35.5. The van der Waals surface area contributed by atoms with Crippen molar-refractivity contribution >= 4 is 64.1 Å². The number of anilines is 1. The van der Waals surface area contributed by atoms with E-state index in [1.54, 1.807) is 48.2 Å². The van der Waals surface area contributed by atoms with Crippen molar-refractivity contribution in [1.29, 1.82) is 0 Å². The quantitative estimate of drug-likeness (QED) is 0.302. The number of hydrogen-bond acceptors (Lipinski definition) is 9. The second kappa shape index (κ2) is 11.7. The SMILES string of the molecule is CCOC(=O)c1ccc(N2C(=O)C3Sc4c(sc(=O)n4CC(=O)N4CCOCC4)[C@H](c4ccc(Cl)cc4)C3C2=O)cc1. The number of benzene rings is 2. The monoisotopic (exact) mass is 627 g/mol. The first-order valence-corrected chi connectivity index (χ1v) is 15.5. The van der Waals surface area contributed by atoms with E-state index in [0.29, 0.717) is 52.5 Å². The summed E-state index contributed by atoms with van der Waals surface area (Å²) in [5.74, 6) is -2.91. The van der Waals surface area contributed by atoms with Gasteiger partial charge in [-0.25, -0.2) is 9.69 Å². The third-order valence-electron chi connectivity index (χ3n) is 7.57. The van der Waals surface area contributed by atoms with Crippen LogP contribution in [-0.4, -0.2) is 71.3 Å². The van der Waals surface area contributed by atoms with E-state index in [0.717, 1.165) is 33.6 Å². The first-order chi connectivity index (χ1) is 20.3. The van der Waals surface area contributed by atoms with Gasteiger partial charge in [-0.2, -0.15) is 0 Å². The second-order valence-corrected chi connectivity index (χ2v) is 12.5. The summed E-state index contributed by atoms with van der Waals surface area (Å²) in [4.78, 5) is 69.6. The molecule has 6 rings (SSSR count). The Balaban J connectivity index is 1.38. The topological polar surface area (TPSA) is 115 Å². The van der Waals surface area contributed by atoms with Crippen molar-refractivity contribution in [2.75, 3.05) is 37.8 Å². The normalized spacial score (nSPS) is 21.7. The molecule has 42 heavy (non-hydrogen) atoms. The molecule has 10 nitrogen and oxygen atoms in total. The number of amides is 3. The van der Waals surface area contributed by atoms with Crippen LogP contribution in [-0.2, 0) is 30.4 Å². The third-order valence-corrected chi connectivity index (χ3v) is 10.4. The van der Waals surface area contributed by atoms with Crippen molar-refractivity contribution in [3.63, 3.8) is 0 Å². The highest BCUT2D eigenvalue weighted by Gasteiger charge is 2.56. The van der Waals surface area contributed by atoms with Gasteiger partial charge in [-0.3, -0.25) is 23.7 Å². The van der Waals surface area contributed by atoms with Gasteiger partial charge in [0.2, 0.25) is 17.7 Å². The molecule has 2 unspecified atom stereocenters. The largest absolute Gasteiger partial charge is 0.462 e. The van der Waals surface area contributed by atoms with Gasteiger partial charge in [0.25, 0.3) is 0 Å². The molecule has 0 radical (unpaired) electrons. The van der Waals surface area contributed by atoms with Gasteiger partial charge in [0, 0.05) is 28.9 Å². The zero-order valence-corrected chi connectivity index (χ0v) is 24.9. The average molecular weight is 628 g/mol. The number of esters is 1. The molecule has 0 aliphatic carbocycles. The van der Waals surface area contributed by atoms with Crippen LogP contribution < -0.4 is 9.77 Å². The molecule has 13 heteroatoms. The average Bonchev–Trinajstić information content (AvgIpc) is 3.44. The Bertz CT molecular complexity index is 1610. The number of thioether (sulfide) groups is 1. The first kappa shape index (κ1) is 28.7. The number of carbonyl (C=O) groups excluding carboxylic acids is 4. The lowest BCUT2D eigenvalue weighted by molar-refractivity contribution is -0.136. The van der Waals surface area contributed by atoms with Crippen molar-refractivity contribution in [2.45, 2.75) is 29.7 Å². The maximum Gasteiger partial charge on any atom is 0.338 e. The maximum atomic E-state index is 14.0. The molecule has 0 spiro atoms. The van der Waals surface area contributed by atoms with Crippen LogP contribution in [0, 0.1) is 5.92 Å². The number of nitrogens with zero attached hydrogens (tertiary/aromatic N) is 3. The molecule has 4 heterocycles. The van der Waals surface area contributed by atoms with Gasteiger partial charge in [0.15, 0.2) is 0 Å². The number of morpholine rings is 1. The Labute approximate surface area is 254 Å². The zero-order chi connectivity index (χ0) is 29.5. The predicted octanol–water partition coefficient (Wildman–Crippen LogP) is 3.39. The molecule has 2 fully saturated rings. The second-order valence-electron chi connectivity index (χ2n) is 9.99. The Morgan fingerprint density at radius 1 is 1.00 bits per heavy atom. The third kappa shape index (κ3) is 5.06. The zero-order valence-electron chi connectivity index (χ0n) is 22.5. The highest BCUT2D eigenvalue weighted by Crippen LogP contribution is 2.54. The minimum atomic E-state index is -0.825. The van der Waals surface area contributed by atoms with Crippen molar-refractivity contribution < 1.29 is 28.7 Å². The van der Waals surface area contributed by atoms with Crippen LogP contribution >= 0.6 is 34.7 Å². The van der Waals surface area contributed by atoms with Crippen molar-refractivity contribution in [3.8, 4) is 0 Å². The summed E-state index contributed by atoms with van der Waals surface area (Å²) in [7, 11) is 0. The summed E-state index contributed by atoms with van der Waals surface area (Å²) < 4.78 is 11.8. The number of carbonyl (C=O) groups is 4. The summed E-state index contributed by atoms with van der Waals surface area (Å²) in [5, 5.41) is 0.210. The fraction of sp³-hybridized carbons (Fsp3) is 0.345. The molecule has 2 aromatic carbocycles. The van der Waals surface area contributed by atoms with Crippen LogP contribution in [0.3, 0.4) is 0 Å². The number of hydrogen-bond donors (Lipinski definition) is 0.